The van der Waals surface area contributed by atoms with Gasteiger partial charge < -0.3 is 19.8 Å². The monoisotopic (exact) mass is 275 g/mol. The van der Waals surface area contributed by atoms with E-state index >= 15 is 0 Å². The molecule has 0 aliphatic carbocycles. The van der Waals surface area contributed by atoms with Crippen LogP contribution in [0.1, 0.15) is 24.6 Å². The molecule has 0 aliphatic heterocycles. The number of para-hydroxylation sites is 1. The van der Waals surface area contributed by atoms with Crippen LogP contribution in [0.4, 0.5) is 0 Å². The first-order valence-corrected chi connectivity index (χ1v) is 6.77. The van der Waals surface area contributed by atoms with Gasteiger partial charge in [-0.05, 0) is 12.5 Å². The predicted octanol–water partition coefficient (Wildman–Crippen LogP) is 2.34. The summed E-state index contributed by atoms with van der Waals surface area (Å²) in [6, 6.07) is 5.73. The third kappa shape index (κ3) is 3.11. The SMILES string of the molecule is CCCn1cncc1COc1c(CN)cccc1OC. The van der Waals surface area contributed by atoms with Crippen LogP contribution in [0.25, 0.3) is 0 Å². The van der Waals surface area contributed by atoms with Crippen molar-refractivity contribution in [1.29, 1.82) is 0 Å². The molecule has 0 saturated carbocycles. The van der Waals surface area contributed by atoms with Crippen molar-refractivity contribution in [3.8, 4) is 11.5 Å². The second-order valence-corrected chi connectivity index (χ2v) is 4.52. The molecule has 0 spiro atoms. The Labute approximate surface area is 119 Å². The number of ether oxygens (including phenoxy) is 2. The van der Waals surface area contributed by atoms with E-state index in [1.165, 1.54) is 0 Å². The summed E-state index contributed by atoms with van der Waals surface area (Å²) in [6.07, 6.45) is 4.72. The first kappa shape index (κ1) is 14.4. The van der Waals surface area contributed by atoms with Crippen LogP contribution < -0.4 is 15.2 Å². The van der Waals surface area contributed by atoms with Crippen LogP contribution in [0.5, 0.6) is 11.5 Å². The zero-order chi connectivity index (χ0) is 14.4. The van der Waals surface area contributed by atoms with E-state index in [1.807, 2.05) is 30.7 Å². The van der Waals surface area contributed by atoms with Crippen molar-refractivity contribution in [3.05, 3.63) is 42.0 Å². The van der Waals surface area contributed by atoms with Gasteiger partial charge in [-0.2, -0.15) is 0 Å². The zero-order valence-electron chi connectivity index (χ0n) is 12.0. The Hall–Kier alpha value is -2.01. The first-order valence-electron chi connectivity index (χ1n) is 6.77. The molecule has 2 N–H and O–H groups in total. The predicted molar refractivity (Wildman–Crippen MR) is 77.7 cm³/mol. The Kier molecular flexibility index (Phi) is 5.01. The van der Waals surface area contributed by atoms with Gasteiger partial charge in [0.1, 0.15) is 6.61 Å². The Bertz CT molecular complexity index is 530. The molecular weight excluding hydrogens is 254 g/mol. The first-order chi connectivity index (χ1) is 9.80. The largest absolute Gasteiger partial charge is 0.493 e. The zero-order valence-corrected chi connectivity index (χ0v) is 12.0. The molecule has 0 amide bonds. The van der Waals surface area contributed by atoms with E-state index in [2.05, 4.69) is 16.5 Å². The Morgan fingerprint density at radius 1 is 1.35 bits per heavy atom. The maximum absolute atomic E-state index is 5.92. The summed E-state index contributed by atoms with van der Waals surface area (Å²) in [5, 5.41) is 0. The van der Waals surface area contributed by atoms with Gasteiger partial charge in [0.25, 0.3) is 0 Å². The molecule has 2 rings (SSSR count). The maximum atomic E-state index is 5.92. The van der Waals surface area contributed by atoms with Gasteiger partial charge in [-0.25, -0.2) is 4.98 Å². The third-order valence-electron chi connectivity index (χ3n) is 3.13. The van der Waals surface area contributed by atoms with Gasteiger partial charge in [-0.3, -0.25) is 0 Å². The standard InChI is InChI=1S/C15H21N3O2/c1-3-7-18-11-17-9-13(18)10-20-15-12(8-16)5-4-6-14(15)19-2/h4-6,9,11H,3,7-8,10,16H2,1-2H3. The highest BCUT2D eigenvalue weighted by atomic mass is 16.5. The van der Waals surface area contributed by atoms with Crippen LogP contribution in [-0.4, -0.2) is 16.7 Å². The fourth-order valence-corrected chi connectivity index (χ4v) is 2.10. The lowest BCUT2D eigenvalue weighted by Crippen LogP contribution is -2.08. The smallest absolute Gasteiger partial charge is 0.166 e. The van der Waals surface area contributed by atoms with Crippen LogP contribution in [0.3, 0.4) is 0 Å². The van der Waals surface area contributed by atoms with Crippen molar-refractivity contribution in [1.82, 2.24) is 9.55 Å². The second kappa shape index (κ2) is 6.96. The van der Waals surface area contributed by atoms with E-state index in [0.29, 0.717) is 24.7 Å². The molecule has 1 aromatic carbocycles. The van der Waals surface area contributed by atoms with Crippen LogP contribution >= 0.6 is 0 Å². The van der Waals surface area contributed by atoms with E-state index in [9.17, 15) is 0 Å². The van der Waals surface area contributed by atoms with Crippen molar-refractivity contribution in [2.75, 3.05) is 7.11 Å². The molecule has 5 nitrogen and oxygen atoms in total. The molecule has 1 aromatic heterocycles. The number of hydrogen-bond donors (Lipinski definition) is 1. The molecule has 0 fully saturated rings. The van der Waals surface area contributed by atoms with Crippen molar-refractivity contribution in [3.63, 3.8) is 0 Å². The van der Waals surface area contributed by atoms with E-state index in [-0.39, 0.29) is 0 Å². The molecule has 0 saturated heterocycles. The van der Waals surface area contributed by atoms with Crippen LogP contribution in [-0.2, 0) is 19.7 Å². The Balaban J connectivity index is 2.16. The molecule has 0 atom stereocenters. The minimum Gasteiger partial charge on any atom is -0.493 e. The Morgan fingerprint density at radius 2 is 2.20 bits per heavy atom. The number of aromatic nitrogens is 2. The highest BCUT2D eigenvalue weighted by Crippen LogP contribution is 2.31. The molecule has 5 heteroatoms. The molecule has 108 valence electrons. The lowest BCUT2D eigenvalue weighted by molar-refractivity contribution is 0.272. The summed E-state index contributed by atoms with van der Waals surface area (Å²) in [5.41, 5.74) is 7.73. The number of aryl methyl sites for hydroxylation is 1. The van der Waals surface area contributed by atoms with Crippen molar-refractivity contribution in [2.24, 2.45) is 5.73 Å². The molecule has 0 radical (unpaired) electrons. The molecule has 1 heterocycles. The summed E-state index contributed by atoms with van der Waals surface area (Å²) in [6.45, 7) is 3.94. The summed E-state index contributed by atoms with van der Waals surface area (Å²) in [5.74, 6) is 1.41. The van der Waals surface area contributed by atoms with Crippen LogP contribution in [0.15, 0.2) is 30.7 Å². The molecular formula is C15H21N3O2. The van der Waals surface area contributed by atoms with Gasteiger partial charge >= 0.3 is 0 Å². The van der Waals surface area contributed by atoms with E-state index in [0.717, 1.165) is 24.2 Å². The van der Waals surface area contributed by atoms with Crippen LogP contribution in [0, 0.1) is 0 Å². The van der Waals surface area contributed by atoms with Gasteiger partial charge in [-0.15, -0.1) is 0 Å². The van der Waals surface area contributed by atoms with E-state index in [1.54, 1.807) is 7.11 Å². The van der Waals surface area contributed by atoms with Crippen molar-refractivity contribution < 1.29 is 9.47 Å². The van der Waals surface area contributed by atoms with E-state index in [4.69, 9.17) is 15.2 Å². The quantitative estimate of drug-likeness (QED) is 0.842. The fourth-order valence-electron chi connectivity index (χ4n) is 2.10. The van der Waals surface area contributed by atoms with Gasteiger partial charge in [-0.1, -0.05) is 19.1 Å². The topological polar surface area (TPSA) is 62.3 Å². The molecule has 0 bridgehead atoms. The maximum Gasteiger partial charge on any atom is 0.166 e. The third-order valence-corrected chi connectivity index (χ3v) is 3.13. The number of hydrogen-bond acceptors (Lipinski definition) is 4. The lowest BCUT2D eigenvalue weighted by Gasteiger charge is -2.15. The average Bonchev–Trinajstić information content (AvgIpc) is 2.92. The Morgan fingerprint density at radius 3 is 2.90 bits per heavy atom. The second-order valence-electron chi connectivity index (χ2n) is 4.52. The van der Waals surface area contributed by atoms with Gasteiger partial charge in [0.2, 0.25) is 0 Å². The van der Waals surface area contributed by atoms with Gasteiger partial charge in [0.05, 0.1) is 25.3 Å². The highest BCUT2D eigenvalue weighted by Gasteiger charge is 2.11. The minimum absolute atomic E-state index is 0.417. The van der Waals surface area contributed by atoms with Crippen molar-refractivity contribution in [2.45, 2.75) is 33.0 Å². The number of methoxy groups -OCH3 is 1. The number of rotatable bonds is 7. The number of nitrogens with two attached hydrogens (primary N) is 1. The van der Waals surface area contributed by atoms with Gasteiger partial charge in [0, 0.05) is 18.7 Å². The normalized spacial score (nSPS) is 10.6. The summed E-state index contributed by atoms with van der Waals surface area (Å²) < 4.78 is 13.3. The molecule has 2 aromatic rings. The summed E-state index contributed by atoms with van der Waals surface area (Å²) in [7, 11) is 1.63. The number of imidazole rings is 1. The molecule has 0 unspecified atom stereocenters. The highest BCUT2D eigenvalue weighted by molar-refractivity contribution is 5.46. The number of nitrogens with zero attached hydrogens (tertiary/aromatic N) is 2. The fraction of sp³-hybridized carbons (Fsp3) is 0.400. The lowest BCUT2D eigenvalue weighted by atomic mass is 10.2. The summed E-state index contributed by atoms with van der Waals surface area (Å²) >= 11 is 0. The average molecular weight is 275 g/mol. The van der Waals surface area contributed by atoms with Crippen LogP contribution in [0.2, 0.25) is 0 Å². The summed E-state index contributed by atoms with van der Waals surface area (Å²) in [4.78, 5) is 4.17. The van der Waals surface area contributed by atoms with Gasteiger partial charge in [0.15, 0.2) is 11.5 Å². The minimum atomic E-state index is 0.417. The molecule has 0 aliphatic rings. The number of benzene rings is 1. The van der Waals surface area contributed by atoms with Crippen molar-refractivity contribution >= 4 is 0 Å². The molecule has 20 heavy (non-hydrogen) atoms. The van der Waals surface area contributed by atoms with E-state index < -0.39 is 0 Å².